The van der Waals surface area contributed by atoms with Gasteiger partial charge < -0.3 is 20.4 Å². The predicted molar refractivity (Wildman–Crippen MR) is 68.7 cm³/mol. The van der Waals surface area contributed by atoms with E-state index in [9.17, 15) is 9.59 Å². The molecule has 1 aliphatic carbocycles. The lowest BCUT2D eigenvalue weighted by molar-refractivity contribution is -0.139. The SMILES string of the molecule is O=C(O)C(NC(=O)N1CCCC1CCCO)C1CC1. The van der Waals surface area contributed by atoms with Gasteiger partial charge in [0.15, 0.2) is 0 Å². The van der Waals surface area contributed by atoms with Gasteiger partial charge in [0.05, 0.1) is 0 Å². The molecular weight excluding hydrogens is 248 g/mol. The molecule has 0 aromatic carbocycles. The maximum atomic E-state index is 12.2. The summed E-state index contributed by atoms with van der Waals surface area (Å²) in [5, 5.41) is 20.6. The average Bonchev–Trinajstić information content (AvgIpc) is 3.10. The Balaban J connectivity index is 1.88. The molecule has 6 heteroatoms. The quantitative estimate of drug-likeness (QED) is 0.666. The Morgan fingerprint density at radius 1 is 1.32 bits per heavy atom. The van der Waals surface area contributed by atoms with E-state index in [4.69, 9.17) is 10.2 Å². The third-order valence-electron chi connectivity index (χ3n) is 3.97. The third kappa shape index (κ3) is 3.59. The number of amides is 2. The van der Waals surface area contributed by atoms with Gasteiger partial charge in [-0.15, -0.1) is 0 Å². The van der Waals surface area contributed by atoms with Crippen LogP contribution in [0.4, 0.5) is 4.79 Å². The van der Waals surface area contributed by atoms with E-state index >= 15 is 0 Å². The van der Waals surface area contributed by atoms with Crippen molar-refractivity contribution in [2.24, 2.45) is 5.92 Å². The second-order valence-corrected chi connectivity index (χ2v) is 5.46. The van der Waals surface area contributed by atoms with E-state index in [1.165, 1.54) is 0 Å². The van der Waals surface area contributed by atoms with Crippen molar-refractivity contribution in [2.75, 3.05) is 13.2 Å². The van der Waals surface area contributed by atoms with Crippen molar-refractivity contribution in [2.45, 2.75) is 50.6 Å². The summed E-state index contributed by atoms with van der Waals surface area (Å²) in [7, 11) is 0. The zero-order valence-electron chi connectivity index (χ0n) is 11.0. The predicted octanol–water partition coefficient (Wildman–Crippen LogP) is 0.796. The molecular formula is C13H22N2O4. The minimum absolute atomic E-state index is 0.0972. The number of carbonyl (C=O) groups excluding carboxylic acids is 1. The van der Waals surface area contributed by atoms with Crippen LogP contribution >= 0.6 is 0 Å². The second kappa shape index (κ2) is 6.23. The van der Waals surface area contributed by atoms with E-state index in [1.54, 1.807) is 4.90 Å². The fraction of sp³-hybridized carbons (Fsp3) is 0.846. The van der Waals surface area contributed by atoms with Gasteiger partial charge in [-0.25, -0.2) is 9.59 Å². The van der Waals surface area contributed by atoms with Gasteiger partial charge in [-0.05, 0) is 44.4 Å². The average molecular weight is 270 g/mol. The third-order valence-corrected chi connectivity index (χ3v) is 3.97. The molecule has 3 N–H and O–H groups in total. The largest absolute Gasteiger partial charge is 0.480 e. The van der Waals surface area contributed by atoms with Crippen molar-refractivity contribution < 1.29 is 19.8 Å². The highest BCUT2D eigenvalue weighted by molar-refractivity contribution is 5.83. The Hall–Kier alpha value is -1.30. The lowest BCUT2D eigenvalue weighted by Crippen LogP contribution is -2.50. The maximum absolute atomic E-state index is 12.2. The van der Waals surface area contributed by atoms with Crippen LogP contribution in [-0.4, -0.2) is 52.3 Å². The minimum Gasteiger partial charge on any atom is -0.480 e. The number of carboxylic acids is 1. The Morgan fingerprint density at radius 2 is 2.05 bits per heavy atom. The molecule has 2 amide bonds. The van der Waals surface area contributed by atoms with Gasteiger partial charge in [-0.2, -0.15) is 0 Å². The van der Waals surface area contributed by atoms with Gasteiger partial charge in [-0.1, -0.05) is 0 Å². The van der Waals surface area contributed by atoms with Crippen molar-refractivity contribution in [1.82, 2.24) is 10.2 Å². The van der Waals surface area contributed by atoms with Crippen molar-refractivity contribution in [3.8, 4) is 0 Å². The summed E-state index contributed by atoms with van der Waals surface area (Å²) < 4.78 is 0. The first kappa shape index (κ1) is 14.1. The smallest absolute Gasteiger partial charge is 0.326 e. The van der Waals surface area contributed by atoms with Crippen LogP contribution in [0.5, 0.6) is 0 Å². The number of carboxylic acid groups (broad SMARTS) is 1. The number of aliphatic carboxylic acids is 1. The molecule has 1 heterocycles. The van der Waals surface area contributed by atoms with E-state index in [0.717, 1.165) is 32.1 Å². The number of hydrogen-bond donors (Lipinski definition) is 3. The summed E-state index contributed by atoms with van der Waals surface area (Å²) >= 11 is 0. The number of aliphatic hydroxyl groups excluding tert-OH is 1. The highest BCUT2D eigenvalue weighted by Gasteiger charge is 2.39. The number of likely N-dealkylation sites (tertiary alicyclic amines) is 1. The Kier molecular flexibility index (Phi) is 4.63. The molecule has 0 bridgehead atoms. The lowest BCUT2D eigenvalue weighted by Gasteiger charge is -2.26. The molecule has 2 atom stereocenters. The molecule has 0 aromatic rings. The van der Waals surface area contributed by atoms with Gasteiger partial charge in [0.1, 0.15) is 6.04 Å². The van der Waals surface area contributed by atoms with E-state index in [1.807, 2.05) is 0 Å². The summed E-state index contributed by atoms with van der Waals surface area (Å²) in [4.78, 5) is 25.0. The fourth-order valence-corrected chi connectivity index (χ4v) is 2.76. The van der Waals surface area contributed by atoms with Crippen LogP contribution in [0, 0.1) is 5.92 Å². The minimum atomic E-state index is -0.943. The van der Waals surface area contributed by atoms with E-state index < -0.39 is 12.0 Å². The molecule has 1 saturated heterocycles. The number of rotatable bonds is 6. The molecule has 0 aromatic heterocycles. The number of nitrogens with one attached hydrogen (secondary N) is 1. The molecule has 2 unspecified atom stereocenters. The van der Waals surface area contributed by atoms with Gasteiger partial charge in [0.2, 0.25) is 0 Å². The highest BCUT2D eigenvalue weighted by atomic mass is 16.4. The Morgan fingerprint density at radius 3 is 2.63 bits per heavy atom. The Labute approximate surface area is 112 Å². The number of carbonyl (C=O) groups is 2. The molecule has 2 rings (SSSR count). The second-order valence-electron chi connectivity index (χ2n) is 5.46. The van der Waals surface area contributed by atoms with Crippen LogP contribution in [0.3, 0.4) is 0 Å². The zero-order chi connectivity index (χ0) is 13.8. The molecule has 2 fully saturated rings. The molecule has 19 heavy (non-hydrogen) atoms. The zero-order valence-corrected chi connectivity index (χ0v) is 11.0. The van der Waals surface area contributed by atoms with Crippen LogP contribution in [0.25, 0.3) is 0 Å². The summed E-state index contributed by atoms with van der Waals surface area (Å²) in [5.41, 5.74) is 0. The number of hydrogen-bond acceptors (Lipinski definition) is 3. The first-order valence-corrected chi connectivity index (χ1v) is 7.04. The monoisotopic (exact) mass is 270 g/mol. The fourth-order valence-electron chi connectivity index (χ4n) is 2.76. The highest BCUT2D eigenvalue weighted by Crippen LogP contribution is 2.33. The molecule has 1 aliphatic heterocycles. The van der Waals surface area contributed by atoms with Crippen molar-refractivity contribution in [3.05, 3.63) is 0 Å². The van der Waals surface area contributed by atoms with Gasteiger partial charge in [0, 0.05) is 19.2 Å². The first-order valence-electron chi connectivity index (χ1n) is 7.04. The van der Waals surface area contributed by atoms with Crippen molar-refractivity contribution in [3.63, 3.8) is 0 Å². The standard InChI is InChI=1S/C13H22N2O4/c16-8-2-4-10-3-1-7-15(10)13(19)14-11(12(17)18)9-5-6-9/h9-11,16H,1-8H2,(H,14,19)(H,17,18). The van der Waals surface area contributed by atoms with E-state index in [-0.39, 0.29) is 24.6 Å². The van der Waals surface area contributed by atoms with Gasteiger partial charge in [-0.3, -0.25) is 0 Å². The summed E-state index contributed by atoms with van der Waals surface area (Å²) in [6.45, 7) is 0.810. The Bertz CT molecular complexity index is 344. The van der Waals surface area contributed by atoms with Crippen LogP contribution < -0.4 is 5.32 Å². The summed E-state index contributed by atoms with van der Waals surface area (Å²) in [5.74, 6) is -0.845. The van der Waals surface area contributed by atoms with Crippen LogP contribution in [0.1, 0.15) is 38.5 Å². The van der Waals surface area contributed by atoms with Crippen LogP contribution in [0.15, 0.2) is 0 Å². The van der Waals surface area contributed by atoms with Gasteiger partial charge >= 0.3 is 12.0 Å². The topological polar surface area (TPSA) is 89.9 Å². The summed E-state index contributed by atoms with van der Waals surface area (Å²) in [6.07, 6.45) is 5.11. The van der Waals surface area contributed by atoms with Crippen molar-refractivity contribution in [1.29, 1.82) is 0 Å². The molecule has 2 aliphatic rings. The van der Waals surface area contributed by atoms with E-state index in [0.29, 0.717) is 13.0 Å². The first-order chi connectivity index (χ1) is 9.13. The number of aliphatic hydroxyl groups is 1. The van der Waals surface area contributed by atoms with Gasteiger partial charge in [0.25, 0.3) is 0 Å². The maximum Gasteiger partial charge on any atom is 0.326 e. The number of nitrogens with zero attached hydrogens (tertiary/aromatic N) is 1. The summed E-state index contributed by atoms with van der Waals surface area (Å²) in [6, 6.07) is -0.868. The van der Waals surface area contributed by atoms with E-state index in [2.05, 4.69) is 5.32 Å². The van der Waals surface area contributed by atoms with Crippen LogP contribution in [0.2, 0.25) is 0 Å². The van der Waals surface area contributed by atoms with Crippen molar-refractivity contribution >= 4 is 12.0 Å². The number of urea groups is 1. The lowest BCUT2D eigenvalue weighted by atomic mass is 10.1. The molecule has 0 spiro atoms. The molecule has 1 saturated carbocycles. The molecule has 108 valence electrons. The van der Waals surface area contributed by atoms with Crippen LogP contribution in [-0.2, 0) is 4.79 Å². The normalized spacial score (nSPS) is 24.3. The molecule has 6 nitrogen and oxygen atoms in total. The molecule has 0 radical (unpaired) electrons.